The highest BCUT2D eigenvalue weighted by atomic mass is 16.5. The van der Waals surface area contributed by atoms with Gasteiger partial charge in [0.25, 0.3) is 5.91 Å². The number of fused-ring (bicyclic) bond motifs is 1. The lowest BCUT2D eigenvalue weighted by Gasteiger charge is -2.09. The minimum absolute atomic E-state index is 0.173. The van der Waals surface area contributed by atoms with Crippen molar-refractivity contribution in [3.8, 4) is 0 Å². The summed E-state index contributed by atoms with van der Waals surface area (Å²) in [5, 5.41) is 7.29. The van der Waals surface area contributed by atoms with E-state index in [-0.39, 0.29) is 31.4 Å². The third kappa shape index (κ3) is 7.09. The number of nitrogens with one attached hydrogen (secondary N) is 2. The van der Waals surface area contributed by atoms with Crippen LogP contribution in [0.5, 0.6) is 0 Å². The van der Waals surface area contributed by atoms with Gasteiger partial charge in [-0.25, -0.2) is 0 Å². The third-order valence-electron chi connectivity index (χ3n) is 4.13. The first kappa shape index (κ1) is 20.4. The van der Waals surface area contributed by atoms with Crippen molar-refractivity contribution in [3.63, 3.8) is 0 Å². The van der Waals surface area contributed by atoms with Crippen molar-refractivity contribution in [2.45, 2.75) is 32.6 Å². The molecular weight excluding hydrogens is 344 g/mol. The van der Waals surface area contributed by atoms with Gasteiger partial charge in [-0.2, -0.15) is 0 Å². The van der Waals surface area contributed by atoms with Gasteiger partial charge in [-0.15, -0.1) is 0 Å². The molecule has 0 saturated heterocycles. The van der Waals surface area contributed by atoms with E-state index in [0.717, 1.165) is 35.6 Å². The number of rotatable bonds is 10. The minimum atomic E-state index is -0.634. The highest BCUT2D eigenvalue weighted by Crippen LogP contribution is 2.18. The predicted molar refractivity (Wildman–Crippen MR) is 104 cm³/mol. The average molecular weight is 370 g/mol. The lowest BCUT2D eigenvalue weighted by Crippen LogP contribution is -2.34. The molecule has 0 saturated carbocycles. The molecule has 27 heavy (non-hydrogen) atoms. The van der Waals surface area contributed by atoms with Gasteiger partial charge in [-0.3, -0.25) is 14.4 Å². The normalized spacial score (nSPS) is 10.4. The van der Waals surface area contributed by atoms with Gasteiger partial charge < -0.3 is 15.4 Å². The van der Waals surface area contributed by atoms with Gasteiger partial charge in [0.05, 0.1) is 6.42 Å². The number of benzene rings is 2. The Morgan fingerprint density at radius 2 is 1.70 bits per heavy atom. The van der Waals surface area contributed by atoms with E-state index < -0.39 is 5.97 Å². The monoisotopic (exact) mass is 370 g/mol. The summed E-state index contributed by atoms with van der Waals surface area (Å²) in [7, 11) is 0. The number of amides is 2. The number of ether oxygens (including phenoxy) is 1. The molecule has 0 fully saturated rings. The van der Waals surface area contributed by atoms with Crippen molar-refractivity contribution in [1.29, 1.82) is 0 Å². The van der Waals surface area contributed by atoms with Crippen molar-refractivity contribution in [1.82, 2.24) is 10.6 Å². The van der Waals surface area contributed by atoms with Crippen molar-refractivity contribution in [2.75, 3.05) is 19.7 Å². The minimum Gasteiger partial charge on any atom is -0.454 e. The molecule has 0 aromatic heterocycles. The van der Waals surface area contributed by atoms with E-state index in [2.05, 4.69) is 17.6 Å². The second-order valence-corrected chi connectivity index (χ2v) is 6.31. The van der Waals surface area contributed by atoms with E-state index in [1.165, 1.54) is 0 Å². The molecule has 0 heterocycles. The van der Waals surface area contributed by atoms with Crippen molar-refractivity contribution < 1.29 is 19.1 Å². The molecule has 0 aliphatic rings. The smallest absolute Gasteiger partial charge is 0.325 e. The molecular formula is C21H26N2O4. The summed E-state index contributed by atoms with van der Waals surface area (Å²) >= 11 is 0. The highest BCUT2D eigenvalue weighted by molar-refractivity contribution is 5.91. The van der Waals surface area contributed by atoms with Crippen LogP contribution in [0.2, 0.25) is 0 Å². The predicted octanol–water partition coefficient (Wildman–Crippen LogP) is 2.35. The van der Waals surface area contributed by atoms with Crippen LogP contribution in [0.3, 0.4) is 0 Å². The SMILES string of the molecule is CCCCCNC(=O)COC(=O)CNC(=O)Cc1cccc2ccccc12. The van der Waals surface area contributed by atoms with Gasteiger partial charge in [0.15, 0.2) is 6.61 Å². The fourth-order valence-electron chi connectivity index (χ4n) is 2.70. The molecule has 0 atom stereocenters. The molecule has 0 aliphatic heterocycles. The number of hydrogen-bond acceptors (Lipinski definition) is 4. The fourth-order valence-corrected chi connectivity index (χ4v) is 2.70. The first-order valence-corrected chi connectivity index (χ1v) is 9.25. The summed E-state index contributed by atoms with van der Waals surface area (Å²) < 4.78 is 4.87. The fraction of sp³-hybridized carbons (Fsp3) is 0.381. The zero-order valence-corrected chi connectivity index (χ0v) is 15.6. The standard InChI is InChI=1S/C21H26N2O4/c1-2-3-6-12-22-20(25)15-27-21(26)14-23-19(24)13-17-10-7-9-16-8-4-5-11-18(16)17/h4-5,7-11H,2-3,6,12-15H2,1H3,(H,22,25)(H,23,24). The largest absolute Gasteiger partial charge is 0.454 e. The quantitative estimate of drug-likeness (QED) is 0.497. The molecule has 0 unspecified atom stereocenters. The molecule has 0 aliphatic carbocycles. The maximum absolute atomic E-state index is 12.1. The van der Waals surface area contributed by atoms with Crippen LogP contribution < -0.4 is 10.6 Å². The molecule has 0 bridgehead atoms. The molecule has 2 N–H and O–H groups in total. The molecule has 6 heteroatoms. The first-order valence-electron chi connectivity index (χ1n) is 9.25. The van der Waals surface area contributed by atoms with Crippen molar-refractivity contribution in [2.24, 2.45) is 0 Å². The lowest BCUT2D eigenvalue weighted by molar-refractivity contribution is -0.148. The Hall–Kier alpha value is -2.89. The second-order valence-electron chi connectivity index (χ2n) is 6.31. The van der Waals surface area contributed by atoms with Gasteiger partial charge in [0.1, 0.15) is 6.54 Å². The van der Waals surface area contributed by atoms with Crippen LogP contribution in [-0.2, 0) is 25.5 Å². The van der Waals surface area contributed by atoms with Gasteiger partial charge >= 0.3 is 5.97 Å². The Balaban J connectivity index is 1.70. The Bertz CT molecular complexity index is 783. The van der Waals surface area contributed by atoms with Crippen LogP contribution in [0.1, 0.15) is 31.7 Å². The number of unbranched alkanes of at least 4 members (excludes halogenated alkanes) is 2. The van der Waals surface area contributed by atoms with E-state index in [9.17, 15) is 14.4 Å². The van der Waals surface area contributed by atoms with Gasteiger partial charge in [0.2, 0.25) is 5.91 Å². The zero-order chi connectivity index (χ0) is 19.5. The molecule has 2 rings (SSSR count). The Morgan fingerprint density at radius 3 is 2.52 bits per heavy atom. The highest BCUT2D eigenvalue weighted by Gasteiger charge is 2.11. The van der Waals surface area contributed by atoms with E-state index in [1.54, 1.807) is 0 Å². The molecule has 144 valence electrons. The number of hydrogen-bond donors (Lipinski definition) is 2. The van der Waals surface area contributed by atoms with Crippen LogP contribution in [0.15, 0.2) is 42.5 Å². The third-order valence-corrected chi connectivity index (χ3v) is 4.13. The number of carbonyl (C=O) groups is 3. The summed E-state index contributed by atoms with van der Waals surface area (Å²) in [5.74, 6) is -1.24. The second kappa shape index (κ2) is 11.0. The van der Waals surface area contributed by atoms with Gasteiger partial charge in [0, 0.05) is 6.54 Å². The van der Waals surface area contributed by atoms with E-state index in [4.69, 9.17) is 4.74 Å². The van der Waals surface area contributed by atoms with Crippen LogP contribution in [-0.4, -0.2) is 37.5 Å². The maximum Gasteiger partial charge on any atom is 0.325 e. The number of carbonyl (C=O) groups excluding carboxylic acids is 3. The molecule has 2 aromatic rings. The van der Waals surface area contributed by atoms with Crippen molar-refractivity contribution in [3.05, 3.63) is 48.0 Å². The van der Waals surface area contributed by atoms with E-state index >= 15 is 0 Å². The first-order chi connectivity index (χ1) is 13.1. The maximum atomic E-state index is 12.1. The molecule has 0 spiro atoms. The summed E-state index contributed by atoms with van der Waals surface area (Å²) in [5.41, 5.74) is 0.894. The zero-order valence-electron chi connectivity index (χ0n) is 15.6. The van der Waals surface area contributed by atoms with E-state index in [1.807, 2.05) is 42.5 Å². The van der Waals surface area contributed by atoms with Crippen LogP contribution in [0, 0.1) is 0 Å². The summed E-state index contributed by atoms with van der Waals surface area (Å²) in [6, 6.07) is 13.6. The van der Waals surface area contributed by atoms with Gasteiger partial charge in [-0.1, -0.05) is 62.2 Å². The average Bonchev–Trinajstić information content (AvgIpc) is 2.68. The van der Waals surface area contributed by atoms with Crippen LogP contribution in [0.4, 0.5) is 0 Å². The van der Waals surface area contributed by atoms with Gasteiger partial charge in [-0.05, 0) is 22.8 Å². The van der Waals surface area contributed by atoms with Crippen LogP contribution in [0.25, 0.3) is 10.8 Å². The number of esters is 1. The molecule has 2 aromatic carbocycles. The Morgan fingerprint density at radius 1 is 0.926 bits per heavy atom. The lowest BCUT2D eigenvalue weighted by atomic mass is 10.0. The summed E-state index contributed by atoms with van der Waals surface area (Å²) in [4.78, 5) is 35.3. The summed E-state index contributed by atoms with van der Waals surface area (Å²) in [6.07, 6.45) is 3.19. The molecule has 0 radical (unpaired) electrons. The molecule has 2 amide bonds. The Kier molecular flexibility index (Phi) is 8.29. The van der Waals surface area contributed by atoms with Crippen molar-refractivity contribution >= 4 is 28.6 Å². The summed E-state index contributed by atoms with van der Waals surface area (Å²) in [6.45, 7) is 2.07. The topological polar surface area (TPSA) is 84.5 Å². The van der Waals surface area contributed by atoms with E-state index in [0.29, 0.717) is 6.54 Å². The molecule has 6 nitrogen and oxygen atoms in total. The Labute approximate surface area is 159 Å². The van der Waals surface area contributed by atoms with Crippen LogP contribution >= 0.6 is 0 Å².